The molecule has 1 heterocycles. The van der Waals surface area contributed by atoms with E-state index in [0.29, 0.717) is 5.75 Å². The average Bonchev–Trinajstić information content (AvgIpc) is 2.63. The summed E-state index contributed by atoms with van der Waals surface area (Å²) in [7, 11) is 0. The highest BCUT2D eigenvalue weighted by Crippen LogP contribution is 2.26. The molecule has 0 N–H and O–H groups in total. The van der Waals surface area contributed by atoms with Crippen molar-refractivity contribution in [3.63, 3.8) is 0 Å². The van der Waals surface area contributed by atoms with Gasteiger partial charge in [0.25, 0.3) is 17.5 Å². The van der Waals surface area contributed by atoms with Gasteiger partial charge >= 0.3 is 0 Å². The van der Waals surface area contributed by atoms with Crippen LogP contribution in [0.1, 0.15) is 20.7 Å². The molecule has 2 amide bonds. The lowest BCUT2D eigenvalue weighted by molar-refractivity contribution is -0.384. The molecule has 0 aliphatic carbocycles. The standard InChI is InChI=1S/C12H10N2O4S/c15-11-9-4-3-8(14(17)18)7-10(9)12(16)13(11)5-1-2-6-19/h1-4,7,19H,5-6H2. The summed E-state index contributed by atoms with van der Waals surface area (Å²) in [6.07, 6.45) is 3.37. The number of thiol groups is 1. The number of rotatable bonds is 4. The highest BCUT2D eigenvalue weighted by Gasteiger charge is 2.35. The van der Waals surface area contributed by atoms with E-state index < -0.39 is 16.7 Å². The van der Waals surface area contributed by atoms with Crippen molar-refractivity contribution in [2.75, 3.05) is 12.3 Å². The molecule has 0 radical (unpaired) electrons. The van der Waals surface area contributed by atoms with Crippen LogP contribution in [0.15, 0.2) is 30.4 Å². The number of imide groups is 1. The van der Waals surface area contributed by atoms with Crippen molar-refractivity contribution in [2.24, 2.45) is 0 Å². The smallest absolute Gasteiger partial charge is 0.270 e. The molecule has 0 unspecified atom stereocenters. The second kappa shape index (κ2) is 5.23. The first-order chi connectivity index (χ1) is 9.06. The van der Waals surface area contributed by atoms with Gasteiger partial charge in [0.2, 0.25) is 0 Å². The molecule has 0 spiro atoms. The number of carbonyl (C=O) groups excluding carboxylic acids is 2. The second-order valence-electron chi connectivity index (χ2n) is 3.86. The molecule has 0 fully saturated rings. The third-order valence-corrected chi connectivity index (χ3v) is 2.94. The van der Waals surface area contributed by atoms with Crippen molar-refractivity contribution < 1.29 is 14.5 Å². The summed E-state index contributed by atoms with van der Waals surface area (Å²) in [5, 5.41) is 10.7. The van der Waals surface area contributed by atoms with E-state index in [1.54, 1.807) is 12.2 Å². The number of carbonyl (C=O) groups is 2. The minimum Gasteiger partial charge on any atom is -0.270 e. The Labute approximate surface area is 114 Å². The molecule has 1 aliphatic heterocycles. The van der Waals surface area contributed by atoms with Gasteiger partial charge in [0, 0.05) is 24.4 Å². The SMILES string of the molecule is O=C1c2ccc([N+](=O)[O-])cc2C(=O)N1CC=CCS. The molecular weight excluding hydrogens is 268 g/mol. The summed E-state index contributed by atoms with van der Waals surface area (Å²) in [6.45, 7) is 0.140. The fourth-order valence-corrected chi connectivity index (χ4v) is 1.96. The second-order valence-corrected chi connectivity index (χ2v) is 4.23. The zero-order valence-electron chi connectivity index (χ0n) is 9.78. The lowest BCUT2D eigenvalue weighted by Crippen LogP contribution is -2.29. The van der Waals surface area contributed by atoms with Gasteiger partial charge in [-0.15, -0.1) is 0 Å². The van der Waals surface area contributed by atoms with Crippen molar-refractivity contribution >= 4 is 30.1 Å². The first-order valence-corrected chi connectivity index (χ1v) is 6.10. The van der Waals surface area contributed by atoms with Gasteiger partial charge in [-0.3, -0.25) is 24.6 Å². The van der Waals surface area contributed by atoms with E-state index in [2.05, 4.69) is 12.6 Å². The molecule has 2 rings (SSSR count). The number of non-ortho nitro benzene ring substituents is 1. The number of hydrogen-bond donors (Lipinski definition) is 1. The zero-order valence-corrected chi connectivity index (χ0v) is 10.7. The quantitative estimate of drug-likeness (QED) is 0.299. The number of benzene rings is 1. The molecular formula is C12H10N2O4S. The maximum atomic E-state index is 12.0. The molecule has 6 nitrogen and oxygen atoms in total. The highest BCUT2D eigenvalue weighted by molar-refractivity contribution is 7.80. The third kappa shape index (κ3) is 2.37. The van der Waals surface area contributed by atoms with Crippen LogP contribution in [0.4, 0.5) is 5.69 Å². The molecule has 7 heteroatoms. The fourth-order valence-electron chi connectivity index (χ4n) is 1.81. The van der Waals surface area contributed by atoms with Crippen LogP contribution in [0, 0.1) is 10.1 Å². The summed E-state index contributed by atoms with van der Waals surface area (Å²) in [5.74, 6) is -0.430. The number of nitro benzene ring substituents is 1. The number of nitro groups is 1. The van der Waals surface area contributed by atoms with E-state index in [-0.39, 0.29) is 23.4 Å². The first kappa shape index (κ1) is 13.3. The summed E-state index contributed by atoms with van der Waals surface area (Å²) in [4.78, 5) is 35.1. The van der Waals surface area contributed by atoms with Gasteiger partial charge in [-0.25, -0.2) is 0 Å². The van der Waals surface area contributed by atoms with Crippen LogP contribution in [-0.4, -0.2) is 33.9 Å². The molecule has 0 saturated heterocycles. The van der Waals surface area contributed by atoms with Gasteiger partial charge in [0.1, 0.15) is 0 Å². The topological polar surface area (TPSA) is 80.5 Å². The Morgan fingerprint density at radius 2 is 1.89 bits per heavy atom. The summed E-state index contributed by atoms with van der Waals surface area (Å²) in [5.41, 5.74) is 0.0843. The molecule has 0 atom stereocenters. The molecule has 0 saturated carbocycles. The number of fused-ring (bicyclic) bond motifs is 1. The van der Waals surface area contributed by atoms with Crippen LogP contribution in [0.2, 0.25) is 0 Å². The predicted octanol–water partition coefficient (Wildman–Crippen LogP) is 1.68. The largest absolute Gasteiger partial charge is 0.270 e. The van der Waals surface area contributed by atoms with E-state index in [4.69, 9.17) is 0 Å². The van der Waals surface area contributed by atoms with Crippen LogP contribution in [0.25, 0.3) is 0 Å². The third-order valence-electron chi connectivity index (χ3n) is 2.73. The summed E-state index contributed by atoms with van der Waals surface area (Å²) < 4.78 is 0. The normalized spacial score (nSPS) is 14.3. The van der Waals surface area contributed by atoms with Gasteiger partial charge in [-0.1, -0.05) is 12.2 Å². The molecule has 0 bridgehead atoms. The van der Waals surface area contributed by atoms with Gasteiger partial charge in [-0.05, 0) is 6.07 Å². The molecule has 1 aromatic carbocycles. The van der Waals surface area contributed by atoms with E-state index in [9.17, 15) is 19.7 Å². The fraction of sp³-hybridized carbons (Fsp3) is 0.167. The zero-order chi connectivity index (χ0) is 14.0. The first-order valence-electron chi connectivity index (χ1n) is 5.46. The lowest BCUT2D eigenvalue weighted by atomic mass is 10.1. The molecule has 1 aliphatic rings. The van der Waals surface area contributed by atoms with E-state index in [1.807, 2.05) is 0 Å². The van der Waals surface area contributed by atoms with Crippen molar-refractivity contribution in [1.29, 1.82) is 0 Å². The van der Waals surface area contributed by atoms with Crippen LogP contribution in [0.5, 0.6) is 0 Å². The number of amides is 2. The predicted molar refractivity (Wildman–Crippen MR) is 71.5 cm³/mol. The van der Waals surface area contributed by atoms with Crippen molar-refractivity contribution in [1.82, 2.24) is 4.90 Å². The average molecular weight is 278 g/mol. The summed E-state index contributed by atoms with van der Waals surface area (Å²) >= 11 is 3.98. The van der Waals surface area contributed by atoms with Crippen molar-refractivity contribution in [3.8, 4) is 0 Å². The highest BCUT2D eigenvalue weighted by atomic mass is 32.1. The maximum Gasteiger partial charge on any atom is 0.270 e. The van der Waals surface area contributed by atoms with Crippen LogP contribution in [0.3, 0.4) is 0 Å². The van der Waals surface area contributed by atoms with Gasteiger partial charge in [0.05, 0.1) is 16.1 Å². The minimum absolute atomic E-state index is 0.0819. The van der Waals surface area contributed by atoms with Crippen LogP contribution >= 0.6 is 12.6 Å². The summed E-state index contributed by atoms with van der Waals surface area (Å²) in [6, 6.07) is 3.67. The Bertz CT molecular complexity index is 597. The molecule has 0 aromatic heterocycles. The Balaban J connectivity index is 2.33. The Hall–Kier alpha value is -2.15. The Kier molecular flexibility index (Phi) is 3.66. The lowest BCUT2D eigenvalue weighted by Gasteiger charge is -2.09. The number of hydrogen-bond acceptors (Lipinski definition) is 5. The maximum absolute atomic E-state index is 12.0. The molecule has 19 heavy (non-hydrogen) atoms. The number of nitrogens with zero attached hydrogens (tertiary/aromatic N) is 2. The Morgan fingerprint density at radius 3 is 2.53 bits per heavy atom. The van der Waals surface area contributed by atoms with Gasteiger partial charge in [0.15, 0.2) is 0 Å². The van der Waals surface area contributed by atoms with Gasteiger partial charge in [-0.2, -0.15) is 12.6 Å². The Morgan fingerprint density at radius 1 is 1.21 bits per heavy atom. The van der Waals surface area contributed by atoms with Crippen molar-refractivity contribution in [2.45, 2.75) is 0 Å². The minimum atomic E-state index is -0.596. The van der Waals surface area contributed by atoms with E-state index in [0.717, 1.165) is 11.0 Å². The van der Waals surface area contributed by atoms with Crippen LogP contribution < -0.4 is 0 Å². The monoisotopic (exact) mass is 278 g/mol. The van der Waals surface area contributed by atoms with Crippen LogP contribution in [-0.2, 0) is 0 Å². The van der Waals surface area contributed by atoms with E-state index >= 15 is 0 Å². The van der Waals surface area contributed by atoms with E-state index in [1.165, 1.54) is 12.1 Å². The van der Waals surface area contributed by atoms with Gasteiger partial charge < -0.3 is 0 Å². The molecule has 98 valence electrons. The molecule has 1 aromatic rings. The van der Waals surface area contributed by atoms with Crippen molar-refractivity contribution in [3.05, 3.63) is 51.6 Å².